The normalized spacial score (nSPS) is 10.1. The maximum atomic E-state index is 5.29. The van der Waals surface area contributed by atoms with Gasteiger partial charge in [0.1, 0.15) is 11.6 Å². The molecule has 0 saturated heterocycles. The van der Waals surface area contributed by atoms with Crippen LogP contribution in [0.2, 0.25) is 0 Å². The number of nitrogens with zero attached hydrogens (tertiary/aromatic N) is 1. The Hall–Kier alpha value is -1.27. The molecule has 1 aromatic carbocycles. The average molecular weight is 387 g/mol. The number of hydrogen-bond acceptors (Lipinski definition) is 4. The number of hydrogen-bond donors (Lipinski definition) is 2. The molecule has 6 heteroatoms. The fourth-order valence-corrected chi connectivity index (χ4v) is 2.84. The van der Waals surface area contributed by atoms with Crippen LogP contribution in [-0.4, -0.2) is 19.1 Å². The third kappa shape index (κ3) is 3.39. The number of ether oxygens (including phenoxy) is 1. The minimum absolute atomic E-state index is 0.772. The molecule has 0 aliphatic heterocycles. The van der Waals surface area contributed by atoms with Gasteiger partial charge in [-0.2, -0.15) is 0 Å². The molecule has 2 rings (SSSR count). The van der Waals surface area contributed by atoms with Crippen molar-refractivity contribution >= 4 is 49.1 Å². The number of anilines is 3. The summed E-state index contributed by atoms with van der Waals surface area (Å²) in [7, 11) is 3.48. The summed E-state index contributed by atoms with van der Waals surface area (Å²) in [4.78, 5) is 4.17. The van der Waals surface area contributed by atoms with E-state index in [2.05, 4.69) is 47.5 Å². The number of pyridine rings is 1. The number of halogens is 2. The third-order valence-corrected chi connectivity index (χ3v) is 3.81. The number of benzene rings is 1. The lowest BCUT2D eigenvalue weighted by atomic mass is 10.3. The molecule has 0 fully saturated rings. The maximum Gasteiger partial charge on any atom is 0.135 e. The van der Waals surface area contributed by atoms with E-state index < -0.39 is 0 Å². The Morgan fingerprint density at radius 3 is 2.63 bits per heavy atom. The molecule has 1 aromatic heterocycles. The molecular weight excluding hydrogens is 374 g/mol. The summed E-state index contributed by atoms with van der Waals surface area (Å²) in [6.07, 6.45) is 1.75. The lowest BCUT2D eigenvalue weighted by molar-refractivity contribution is 0.412. The van der Waals surface area contributed by atoms with Gasteiger partial charge >= 0.3 is 0 Å². The monoisotopic (exact) mass is 385 g/mol. The Morgan fingerprint density at radius 1 is 1.16 bits per heavy atom. The highest BCUT2D eigenvalue weighted by atomic mass is 79.9. The first-order valence-electron chi connectivity index (χ1n) is 5.58. The smallest absolute Gasteiger partial charge is 0.135 e. The zero-order valence-electron chi connectivity index (χ0n) is 10.5. The highest BCUT2D eigenvalue weighted by molar-refractivity contribution is 9.11. The van der Waals surface area contributed by atoms with Crippen molar-refractivity contribution in [3.05, 3.63) is 39.4 Å². The van der Waals surface area contributed by atoms with Crippen LogP contribution in [0.15, 0.2) is 39.4 Å². The minimum Gasteiger partial charge on any atom is -0.495 e. The summed E-state index contributed by atoms with van der Waals surface area (Å²) in [6.45, 7) is 0. The number of aromatic nitrogens is 1. The summed E-state index contributed by atoms with van der Waals surface area (Å²) in [5, 5.41) is 6.33. The van der Waals surface area contributed by atoms with Gasteiger partial charge in [0.15, 0.2) is 0 Å². The molecule has 0 aliphatic rings. The molecule has 0 amide bonds. The Kier molecular flexibility index (Phi) is 4.66. The Labute approximate surface area is 128 Å². The van der Waals surface area contributed by atoms with Gasteiger partial charge in [0, 0.05) is 35.5 Å². The first-order chi connectivity index (χ1) is 9.13. The van der Waals surface area contributed by atoms with Crippen LogP contribution in [-0.2, 0) is 0 Å². The van der Waals surface area contributed by atoms with Gasteiger partial charge in [-0.3, -0.25) is 0 Å². The van der Waals surface area contributed by atoms with Crippen molar-refractivity contribution in [3.8, 4) is 5.75 Å². The van der Waals surface area contributed by atoms with E-state index in [1.54, 1.807) is 13.3 Å². The first kappa shape index (κ1) is 14.1. The fraction of sp³-hybridized carbons (Fsp3) is 0.154. The summed E-state index contributed by atoms with van der Waals surface area (Å²) in [5.41, 5.74) is 1.87. The standard InChI is InChI=1S/C13H13Br2N3O/c1-16-13-5-8(3-4-17-13)18-11-7-12(19-2)10(15)6-9(11)14/h3-7H,1-2H3,(H2,16,17,18). The molecule has 0 atom stereocenters. The van der Waals surface area contributed by atoms with Crippen LogP contribution in [0, 0.1) is 0 Å². The van der Waals surface area contributed by atoms with Crippen LogP contribution in [0.1, 0.15) is 0 Å². The number of rotatable bonds is 4. The van der Waals surface area contributed by atoms with Gasteiger partial charge in [-0.05, 0) is 44.0 Å². The van der Waals surface area contributed by atoms with Crippen LogP contribution in [0.5, 0.6) is 5.75 Å². The molecular formula is C13H13Br2N3O. The molecule has 0 bridgehead atoms. The minimum atomic E-state index is 0.772. The molecule has 19 heavy (non-hydrogen) atoms. The summed E-state index contributed by atoms with van der Waals surface area (Å²) in [5.74, 6) is 1.58. The highest BCUT2D eigenvalue weighted by Gasteiger charge is 2.07. The van der Waals surface area contributed by atoms with Crippen molar-refractivity contribution < 1.29 is 4.74 Å². The SMILES string of the molecule is CNc1cc(Nc2cc(OC)c(Br)cc2Br)ccn1. The van der Waals surface area contributed by atoms with Gasteiger partial charge in [0.25, 0.3) is 0 Å². The summed E-state index contributed by atoms with van der Waals surface area (Å²) < 4.78 is 7.14. The lowest BCUT2D eigenvalue weighted by Crippen LogP contribution is -1.96. The molecule has 0 unspecified atom stereocenters. The molecule has 0 spiro atoms. The van der Waals surface area contributed by atoms with Crippen LogP contribution >= 0.6 is 31.9 Å². The molecule has 2 aromatic rings. The van der Waals surface area contributed by atoms with Gasteiger partial charge in [-0.25, -0.2) is 4.98 Å². The van der Waals surface area contributed by atoms with E-state index in [9.17, 15) is 0 Å². The third-order valence-electron chi connectivity index (χ3n) is 2.54. The van der Waals surface area contributed by atoms with Gasteiger partial charge in [0.05, 0.1) is 17.3 Å². The Bertz CT molecular complexity index is 590. The molecule has 4 nitrogen and oxygen atoms in total. The predicted molar refractivity (Wildman–Crippen MR) is 85.5 cm³/mol. The van der Waals surface area contributed by atoms with Crippen molar-refractivity contribution in [2.24, 2.45) is 0 Å². The molecule has 0 saturated carbocycles. The molecule has 2 N–H and O–H groups in total. The zero-order chi connectivity index (χ0) is 13.8. The van der Waals surface area contributed by atoms with E-state index in [0.717, 1.165) is 31.9 Å². The van der Waals surface area contributed by atoms with Crippen LogP contribution in [0.25, 0.3) is 0 Å². The largest absolute Gasteiger partial charge is 0.495 e. The molecule has 100 valence electrons. The van der Waals surface area contributed by atoms with Crippen molar-refractivity contribution in [3.63, 3.8) is 0 Å². The quantitative estimate of drug-likeness (QED) is 0.817. The zero-order valence-corrected chi connectivity index (χ0v) is 13.7. The number of nitrogens with one attached hydrogen (secondary N) is 2. The molecule has 0 aliphatic carbocycles. The van der Waals surface area contributed by atoms with Gasteiger partial charge < -0.3 is 15.4 Å². The first-order valence-corrected chi connectivity index (χ1v) is 7.16. The van der Waals surface area contributed by atoms with E-state index in [4.69, 9.17) is 4.74 Å². The second-order valence-electron chi connectivity index (χ2n) is 3.77. The average Bonchev–Trinajstić information content (AvgIpc) is 2.42. The summed E-state index contributed by atoms with van der Waals surface area (Å²) >= 11 is 6.97. The lowest BCUT2D eigenvalue weighted by Gasteiger charge is -2.12. The predicted octanol–water partition coefficient (Wildman–Crippen LogP) is 4.40. The van der Waals surface area contributed by atoms with Crippen LogP contribution in [0.4, 0.5) is 17.2 Å². The highest BCUT2D eigenvalue weighted by Crippen LogP contribution is 2.36. The maximum absolute atomic E-state index is 5.29. The van der Waals surface area contributed by atoms with E-state index in [1.807, 2.05) is 31.3 Å². The van der Waals surface area contributed by atoms with Crippen molar-refractivity contribution in [2.45, 2.75) is 0 Å². The number of methoxy groups -OCH3 is 1. The van der Waals surface area contributed by atoms with Gasteiger partial charge in [0.2, 0.25) is 0 Å². The topological polar surface area (TPSA) is 46.2 Å². The van der Waals surface area contributed by atoms with E-state index in [0.29, 0.717) is 0 Å². The Balaban J connectivity index is 2.32. The Morgan fingerprint density at radius 2 is 1.95 bits per heavy atom. The summed E-state index contributed by atoms with van der Waals surface area (Å²) in [6, 6.07) is 7.71. The second-order valence-corrected chi connectivity index (χ2v) is 5.48. The van der Waals surface area contributed by atoms with Crippen molar-refractivity contribution in [2.75, 3.05) is 24.8 Å². The van der Waals surface area contributed by atoms with Crippen LogP contribution < -0.4 is 15.4 Å². The van der Waals surface area contributed by atoms with E-state index in [-0.39, 0.29) is 0 Å². The van der Waals surface area contributed by atoms with E-state index in [1.165, 1.54) is 0 Å². The van der Waals surface area contributed by atoms with E-state index >= 15 is 0 Å². The molecule has 0 radical (unpaired) electrons. The fourth-order valence-electron chi connectivity index (χ4n) is 1.58. The molecule has 1 heterocycles. The van der Waals surface area contributed by atoms with Crippen molar-refractivity contribution in [1.82, 2.24) is 4.98 Å². The van der Waals surface area contributed by atoms with Crippen molar-refractivity contribution in [1.29, 1.82) is 0 Å². The second kappa shape index (κ2) is 6.25. The van der Waals surface area contributed by atoms with Gasteiger partial charge in [-0.15, -0.1) is 0 Å². The van der Waals surface area contributed by atoms with Gasteiger partial charge in [-0.1, -0.05) is 0 Å². The van der Waals surface area contributed by atoms with Crippen LogP contribution in [0.3, 0.4) is 0 Å².